The summed E-state index contributed by atoms with van der Waals surface area (Å²) in [6.45, 7) is 2.10. The van der Waals surface area contributed by atoms with Crippen LogP contribution in [0.1, 0.15) is 51.9 Å². The molecular weight excluding hydrogens is 360 g/mol. The highest BCUT2D eigenvalue weighted by atomic mass is 16.5. The van der Waals surface area contributed by atoms with Gasteiger partial charge in [0.1, 0.15) is 6.10 Å². The van der Waals surface area contributed by atoms with E-state index in [1.54, 1.807) is 0 Å². The van der Waals surface area contributed by atoms with Crippen molar-refractivity contribution >= 4 is 5.97 Å². The minimum Gasteiger partial charge on any atom is -0.481 e. The molecule has 1 saturated heterocycles. The molecule has 1 fully saturated rings. The Morgan fingerprint density at radius 3 is 2.39 bits per heavy atom. The maximum Gasteiger partial charge on any atom is 0.303 e. The first-order valence-electron chi connectivity index (χ1n) is 9.98. The molecule has 1 rings (SSSR count). The second-order valence-corrected chi connectivity index (χ2v) is 6.92. The summed E-state index contributed by atoms with van der Waals surface area (Å²) in [4.78, 5) is 10.5. The second-order valence-electron chi connectivity index (χ2n) is 6.92. The molecule has 5 atom stereocenters. The summed E-state index contributed by atoms with van der Waals surface area (Å²) >= 11 is 0. The van der Waals surface area contributed by atoms with Crippen LogP contribution in [0.5, 0.6) is 0 Å². The van der Waals surface area contributed by atoms with E-state index in [4.69, 9.17) is 9.84 Å². The number of rotatable bonds is 13. The Balaban J connectivity index is 2.31. The van der Waals surface area contributed by atoms with E-state index in [9.17, 15) is 20.1 Å². The van der Waals surface area contributed by atoms with Crippen molar-refractivity contribution in [3.8, 4) is 0 Å². The topological polar surface area (TPSA) is 107 Å². The van der Waals surface area contributed by atoms with E-state index in [-0.39, 0.29) is 12.8 Å². The lowest BCUT2D eigenvalue weighted by Gasteiger charge is -2.16. The number of allylic oxidation sites excluding steroid dienone is 5. The zero-order chi connectivity index (χ0) is 20.8. The summed E-state index contributed by atoms with van der Waals surface area (Å²) in [5.41, 5.74) is 0. The van der Waals surface area contributed by atoms with Gasteiger partial charge in [0.15, 0.2) is 0 Å². The minimum absolute atomic E-state index is 0.106. The third kappa shape index (κ3) is 10.6. The molecule has 0 aromatic rings. The van der Waals surface area contributed by atoms with Crippen molar-refractivity contribution in [3.05, 3.63) is 48.6 Å². The zero-order valence-electron chi connectivity index (χ0n) is 16.6. The van der Waals surface area contributed by atoms with E-state index in [1.165, 1.54) is 12.2 Å². The van der Waals surface area contributed by atoms with Gasteiger partial charge < -0.3 is 25.2 Å². The van der Waals surface area contributed by atoms with E-state index < -0.39 is 36.5 Å². The maximum absolute atomic E-state index is 10.5. The molecule has 0 bridgehead atoms. The highest BCUT2D eigenvalue weighted by Gasteiger charge is 2.35. The van der Waals surface area contributed by atoms with E-state index in [0.29, 0.717) is 12.8 Å². The Bertz CT molecular complexity index is 551. The number of ether oxygens (including phenoxy) is 1. The number of hydrogen-bond acceptors (Lipinski definition) is 5. The van der Waals surface area contributed by atoms with Crippen molar-refractivity contribution in [2.75, 3.05) is 0 Å². The predicted octanol–water partition coefficient (Wildman–Crippen LogP) is 2.90. The normalized spacial score (nSPS) is 25.5. The number of hydrogen-bond donors (Lipinski definition) is 4. The van der Waals surface area contributed by atoms with Crippen LogP contribution in [-0.4, -0.2) is 56.9 Å². The molecule has 0 saturated carbocycles. The van der Waals surface area contributed by atoms with Crippen LogP contribution in [0.2, 0.25) is 0 Å². The molecule has 0 radical (unpaired) electrons. The van der Waals surface area contributed by atoms with E-state index in [0.717, 1.165) is 19.3 Å². The third-order valence-corrected chi connectivity index (χ3v) is 4.45. The van der Waals surface area contributed by atoms with Crippen LogP contribution in [0.4, 0.5) is 0 Å². The lowest BCUT2D eigenvalue weighted by molar-refractivity contribution is -0.137. The van der Waals surface area contributed by atoms with Gasteiger partial charge in [0, 0.05) is 12.8 Å². The number of carbonyl (C=O) groups is 1. The number of carboxylic acid groups (broad SMARTS) is 1. The summed E-state index contributed by atoms with van der Waals surface area (Å²) < 4.78 is 5.67. The van der Waals surface area contributed by atoms with Crippen LogP contribution < -0.4 is 0 Å². The first-order valence-corrected chi connectivity index (χ1v) is 9.98. The van der Waals surface area contributed by atoms with Gasteiger partial charge in [-0.05, 0) is 32.1 Å². The number of aliphatic hydroxyl groups is 3. The fraction of sp³-hybridized carbons (Fsp3) is 0.591. The molecule has 0 unspecified atom stereocenters. The summed E-state index contributed by atoms with van der Waals surface area (Å²) in [5, 5.41) is 38.6. The fourth-order valence-corrected chi connectivity index (χ4v) is 2.84. The van der Waals surface area contributed by atoms with Crippen molar-refractivity contribution in [2.45, 2.75) is 82.4 Å². The predicted molar refractivity (Wildman–Crippen MR) is 109 cm³/mol. The van der Waals surface area contributed by atoms with Gasteiger partial charge in [-0.1, -0.05) is 55.5 Å². The minimum atomic E-state index is -0.968. The molecule has 0 aliphatic carbocycles. The first kappa shape index (κ1) is 24.3. The Morgan fingerprint density at radius 2 is 1.75 bits per heavy atom. The van der Waals surface area contributed by atoms with Crippen LogP contribution in [0.3, 0.4) is 0 Å². The Hall–Kier alpha value is -1.73. The van der Waals surface area contributed by atoms with E-state index in [1.807, 2.05) is 12.2 Å². The van der Waals surface area contributed by atoms with Crippen molar-refractivity contribution in [2.24, 2.45) is 0 Å². The molecule has 158 valence electrons. The molecule has 6 heteroatoms. The molecule has 6 nitrogen and oxygen atoms in total. The standard InChI is InChI=1S/C22H34O6/c1-2-3-4-5-6-7-8-9-10-11-18(24)21-16-19(25)20(28-21)14-12-17(23)13-15-22(26)27/h3-4,6-7,9-10,12,14,17-21,23-25H,2,5,8,11,13,15-16H2,1H3,(H,26,27)/b4-3-,7-6-,10-9-,14-12+/t17-,18+,19-,20-,21+/m0/s1. The largest absolute Gasteiger partial charge is 0.481 e. The average Bonchev–Trinajstić information content (AvgIpc) is 3.04. The SMILES string of the molecule is CC/C=C\C/C=C\C/C=C\C[C@@H](O)[C@H]1C[C@H](O)[C@H](/C=C/[C@H](O)CCC(=O)O)O1. The van der Waals surface area contributed by atoms with Crippen LogP contribution in [0, 0.1) is 0 Å². The van der Waals surface area contributed by atoms with Gasteiger partial charge in [-0.2, -0.15) is 0 Å². The van der Waals surface area contributed by atoms with Gasteiger partial charge in [-0.25, -0.2) is 0 Å². The van der Waals surface area contributed by atoms with Gasteiger partial charge >= 0.3 is 5.97 Å². The van der Waals surface area contributed by atoms with Gasteiger partial charge in [-0.15, -0.1) is 0 Å². The Kier molecular flexibility index (Phi) is 12.4. The highest BCUT2D eigenvalue weighted by molar-refractivity contribution is 5.66. The van der Waals surface area contributed by atoms with Crippen LogP contribution in [-0.2, 0) is 9.53 Å². The molecule has 1 heterocycles. The molecule has 0 spiro atoms. The summed E-state index contributed by atoms with van der Waals surface area (Å²) in [6.07, 6.45) is 15.4. The first-order chi connectivity index (χ1) is 13.4. The van der Waals surface area contributed by atoms with E-state index >= 15 is 0 Å². The number of aliphatic carboxylic acids is 1. The van der Waals surface area contributed by atoms with Gasteiger partial charge in [-0.3, -0.25) is 4.79 Å². The zero-order valence-corrected chi connectivity index (χ0v) is 16.6. The monoisotopic (exact) mass is 394 g/mol. The van der Waals surface area contributed by atoms with Crippen molar-refractivity contribution in [1.82, 2.24) is 0 Å². The third-order valence-electron chi connectivity index (χ3n) is 4.45. The smallest absolute Gasteiger partial charge is 0.303 e. The lowest BCUT2D eigenvalue weighted by Crippen LogP contribution is -2.25. The molecule has 0 aromatic heterocycles. The molecule has 1 aliphatic heterocycles. The molecular formula is C22H34O6. The van der Waals surface area contributed by atoms with E-state index in [2.05, 4.69) is 31.2 Å². The number of aliphatic hydroxyl groups excluding tert-OH is 3. The van der Waals surface area contributed by atoms with Crippen LogP contribution in [0.15, 0.2) is 48.6 Å². The summed E-state index contributed by atoms with van der Waals surface area (Å²) in [5.74, 6) is -0.968. The quantitative estimate of drug-likeness (QED) is 0.358. The summed E-state index contributed by atoms with van der Waals surface area (Å²) in [7, 11) is 0. The highest BCUT2D eigenvalue weighted by Crippen LogP contribution is 2.25. The molecule has 1 aliphatic rings. The van der Waals surface area contributed by atoms with Crippen LogP contribution >= 0.6 is 0 Å². The lowest BCUT2D eigenvalue weighted by atomic mass is 10.0. The van der Waals surface area contributed by atoms with Crippen molar-refractivity contribution in [3.63, 3.8) is 0 Å². The molecule has 0 aromatic carbocycles. The van der Waals surface area contributed by atoms with Crippen molar-refractivity contribution in [1.29, 1.82) is 0 Å². The van der Waals surface area contributed by atoms with Gasteiger partial charge in [0.25, 0.3) is 0 Å². The maximum atomic E-state index is 10.5. The second kappa shape index (κ2) is 14.3. The average molecular weight is 395 g/mol. The molecule has 28 heavy (non-hydrogen) atoms. The Morgan fingerprint density at radius 1 is 1.11 bits per heavy atom. The van der Waals surface area contributed by atoms with Crippen molar-refractivity contribution < 1.29 is 30.0 Å². The van der Waals surface area contributed by atoms with Crippen LogP contribution in [0.25, 0.3) is 0 Å². The fourth-order valence-electron chi connectivity index (χ4n) is 2.84. The van der Waals surface area contributed by atoms with Gasteiger partial charge in [0.2, 0.25) is 0 Å². The summed E-state index contributed by atoms with van der Waals surface area (Å²) in [6, 6.07) is 0. The molecule has 4 N–H and O–H groups in total. The number of carboxylic acids is 1. The Labute approximate surface area is 167 Å². The molecule has 0 amide bonds. The van der Waals surface area contributed by atoms with Gasteiger partial charge in [0.05, 0.1) is 24.4 Å².